The van der Waals surface area contributed by atoms with Crippen molar-refractivity contribution in [3.8, 4) is 0 Å². The van der Waals surface area contributed by atoms with Crippen LogP contribution >= 0.6 is 11.3 Å². The molecule has 1 atom stereocenters. The van der Waals surface area contributed by atoms with E-state index in [-0.39, 0.29) is 11.9 Å². The maximum atomic E-state index is 13.9. The van der Waals surface area contributed by atoms with Gasteiger partial charge >= 0.3 is 0 Å². The number of rotatable bonds is 5. The van der Waals surface area contributed by atoms with E-state index in [2.05, 4.69) is 22.4 Å². The number of anilines is 1. The van der Waals surface area contributed by atoms with Crippen molar-refractivity contribution in [1.82, 2.24) is 0 Å². The normalized spacial score (nSPS) is 12.4. The molecular weight excluding hydrogens is 259 g/mol. The van der Waals surface area contributed by atoms with Crippen LogP contribution in [0.4, 0.5) is 10.1 Å². The number of benzene rings is 1. The van der Waals surface area contributed by atoms with E-state index in [1.165, 1.54) is 10.9 Å². The summed E-state index contributed by atoms with van der Waals surface area (Å²) in [6.45, 7) is 2.67. The standard InChI is InChI=1S/C15H19FN2S/c1-11(17)15-13(16)6-3-7-14(15)18(2)9-8-12-5-4-10-19-12/h3-7,10-11H,8-9,17H2,1-2H3/t11-/m0/s1. The van der Waals surface area contributed by atoms with Gasteiger partial charge in [-0.3, -0.25) is 0 Å². The molecule has 4 heteroatoms. The Morgan fingerprint density at radius 2 is 2.11 bits per heavy atom. The Kier molecular flexibility index (Phi) is 4.56. The fourth-order valence-corrected chi connectivity index (χ4v) is 2.86. The molecule has 0 unspecified atom stereocenters. The molecule has 2 rings (SSSR count). The third-order valence-corrected chi connectivity index (χ3v) is 4.11. The van der Waals surface area contributed by atoms with Crippen molar-refractivity contribution >= 4 is 17.0 Å². The summed E-state index contributed by atoms with van der Waals surface area (Å²) in [4.78, 5) is 3.41. The second-order valence-electron chi connectivity index (χ2n) is 4.71. The van der Waals surface area contributed by atoms with Crippen LogP contribution in [0.3, 0.4) is 0 Å². The van der Waals surface area contributed by atoms with Crippen LogP contribution in [0.15, 0.2) is 35.7 Å². The van der Waals surface area contributed by atoms with Crippen molar-refractivity contribution < 1.29 is 4.39 Å². The zero-order valence-electron chi connectivity index (χ0n) is 11.3. The molecule has 102 valence electrons. The summed E-state index contributed by atoms with van der Waals surface area (Å²) < 4.78 is 13.9. The molecule has 0 aliphatic rings. The van der Waals surface area contributed by atoms with Gasteiger partial charge in [-0.1, -0.05) is 12.1 Å². The van der Waals surface area contributed by atoms with Crippen molar-refractivity contribution in [3.63, 3.8) is 0 Å². The molecule has 19 heavy (non-hydrogen) atoms. The van der Waals surface area contributed by atoms with Crippen molar-refractivity contribution in [2.24, 2.45) is 5.73 Å². The van der Waals surface area contributed by atoms with Gasteiger partial charge in [0, 0.05) is 35.8 Å². The van der Waals surface area contributed by atoms with Gasteiger partial charge < -0.3 is 10.6 Å². The van der Waals surface area contributed by atoms with E-state index in [4.69, 9.17) is 5.73 Å². The summed E-state index contributed by atoms with van der Waals surface area (Å²) in [6, 6.07) is 9.00. The van der Waals surface area contributed by atoms with E-state index in [0.29, 0.717) is 5.56 Å². The van der Waals surface area contributed by atoms with Crippen molar-refractivity contribution in [1.29, 1.82) is 0 Å². The fourth-order valence-electron chi connectivity index (χ4n) is 2.16. The zero-order valence-corrected chi connectivity index (χ0v) is 12.1. The largest absolute Gasteiger partial charge is 0.374 e. The number of nitrogens with two attached hydrogens (primary N) is 1. The Bertz CT molecular complexity index is 523. The van der Waals surface area contributed by atoms with Crippen LogP contribution in [0.5, 0.6) is 0 Å². The minimum atomic E-state index is -0.305. The van der Waals surface area contributed by atoms with Gasteiger partial charge in [0.2, 0.25) is 0 Å². The van der Waals surface area contributed by atoms with E-state index in [1.807, 2.05) is 20.0 Å². The average molecular weight is 278 g/mol. The van der Waals surface area contributed by atoms with Gasteiger partial charge in [-0.2, -0.15) is 0 Å². The average Bonchev–Trinajstić information content (AvgIpc) is 2.88. The quantitative estimate of drug-likeness (QED) is 0.905. The first-order valence-electron chi connectivity index (χ1n) is 6.37. The first kappa shape index (κ1) is 14.0. The molecule has 0 bridgehead atoms. The molecule has 0 fully saturated rings. The Balaban J connectivity index is 2.14. The monoisotopic (exact) mass is 278 g/mol. The summed E-state index contributed by atoms with van der Waals surface area (Å²) >= 11 is 1.75. The Labute approximate surface area is 117 Å². The first-order valence-corrected chi connectivity index (χ1v) is 7.25. The molecule has 1 aromatic heterocycles. The molecule has 1 aromatic carbocycles. The Morgan fingerprint density at radius 3 is 2.74 bits per heavy atom. The summed E-state index contributed by atoms with van der Waals surface area (Å²) in [6.07, 6.45) is 0.961. The Morgan fingerprint density at radius 1 is 1.32 bits per heavy atom. The van der Waals surface area contributed by atoms with E-state index in [9.17, 15) is 4.39 Å². The second kappa shape index (κ2) is 6.17. The molecule has 2 N–H and O–H groups in total. The van der Waals surface area contributed by atoms with Crippen LogP contribution in [0.1, 0.15) is 23.4 Å². The Hall–Kier alpha value is -1.39. The molecule has 0 amide bonds. The van der Waals surface area contributed by atoms with Crippen molar-refractivity contribution in [2.45, 2.75) is 19.4 Å². The SMILES string of the molecule is C[C@H](N)c1c(F)cccc1N(C)CCc1cccs1. The molecule has 0 saturated carbocycles. The third kappa shape index (κ3) is 3.33. The highest BCUT2D eigenvalue weighted by molar-refractivity contribution is 7.09. The van der Waals surface area contributed by atoms with Crippen molar-refractivity contribution in [3.05, 3.63) is 52.0 Å². The highest BCUT2D eigenvalue weighted by Gasteiger charge is 2.15. The minimum Gasteiger partial charge on any atom is -0.374 e. The summed E-state index contributed by atoms with van der Waals surface area (Å²) in [5.41, 5.74) is 7.35. The smallest absolute Gasteiger partial charge is 0.130 e. The van der Waals surface area contributed by atoms with E-state index in [0.717, 1.165) is 18.7 Å². The maximum Gasteiger partial charge on any atom is 0.130 e. The van der Waals surface area contributed by atoms with Gasteiger partial charge in [0.05, 0.1) is 0 Å². The number of likely N-dealkylation sites (N-methyl/N-ethyl adjacent to an activating group) is 1. The van der Waals surface area contributed by atoms with Crippen LogP contribution in [0.25, 0.3) is 0 Å². The molecule has 2 aromatic rings. The molecule has 0 aliphatic carbocycles. The van der Waals surface area contributed by atoms with Crippen LogP contribution in [0.2, 0.25) is 0 Å². The topological polar surface area (TPSA) is 29.3 Å². The van der Waals surface area contributed by atoms with Gasteiger partial charge in [-0.15, -0.1) is 11.3 Å². The molecule has 0 aliphatic heterocycles. The number of hydrogen-bond donors (Lipinski definition) is 1. The third-order valence-electron chi connectivity index (χ3n) is 3.17. The molecule has 2 nitrogen and oxygen atoms in total. The molecule has 0 radical (unpaired) electrons. The van der Waals surface area contributed by atoms with Crippen LogP contribution in [-0.4, -0.2) is 13.6 Å². The predicted molar refractivity (Wildman–Crippen MR) is 80.3 cm³/mol. The maximum absolute atomic E-state index is 13.9. The fraction of sp³-hybridized carbons (Fsp3) is 0.333. The van der Waals surface area contributed by atoms with E-state index < -0.39 is 0 Å². The molecular formula is C15H19FN2S. The van der Waals surface area contributed by atoms with E-state index in [1.54, 1.807) is 17.4 Å². The lowest BCUT2D eigenvalue weighted by molar-refractivity contribution is 0.592. The lowest BCUT2D eigenvalue weighted by Crippen LogP contribution is -2.23. The van der Waals surface area contributed by atoms with Gasteiger partial charge in [-0.25, -0.2) is 4.39 Å². The predicted octanol–water partition coefficient (Wildman–Crippen LogP) is 3.59. The number of halogens is 1. The lowest BCUT2D eigenvalue weighted by atomic mass is 10.1. The van der Waals surface area contributed by atoms with Crippen LogP contribution in [-0.2, 0) is 6.42 Å². The lowest BCUT2D eigenvalue weighted by Gasteiger charge is -2.24. The van der Waals surface area contributed by atoms with Gasteiger partial charge in [0.25, 0.3) is 0 Å². The summed E-state index contributed by atoms with van der Waals surface area (Å²) in [7, 11) is 1.98. The molecule has 0 saturated heterocycles. The van der Waals surface area contributed by atoms with E-state index >= 15 is 0 Å². The van der Waals surface area contributed by atoms with Crippen molar-refractivity contribution in [2.75, 3.05) is 18.5 Å². The minimum absolute atomic E-state index is 0.226. The van der Waals surface area contributed by atoms with Gasteiger partial charge in [-0.05, 0) is 36.9 Å². The first-order chi connectivity index (χ1) is 9.09. The molecule has 1 heterocycles. The molecule has 0 spiro atoms. The van der Waals surface area contributed by atoms with Crippen LogP contribution < -0.4 is 10.6 Å². The highest BCUT2D eigenvalue weighted by Crippen LogP contribution is 2.27. The number of nitrogens with zero attached hydrogens (tertiary/aromatic N) is 1. The second-order valence-corrected chi connectivity index (χ2v) is 5.74. The zero-order chi connectivity index (χ0) is 13.8. The number of hydrogen-bond acceptors (Lipinski definition) is 3. The van der Waals surface area contributed by atoms with Crippen LogP contribution in [0, 0.1) is 5.82 Å². The highest BCUT2D eigenvalue weighted by atomic mass is 32.1. The van der Waals surface area contributed by atoms with Gasteiger partial charge in [0.15, 0.2) is 0 Å². The summed E-state index contributed by atoms with van der Waals surface area (Å²) in [5, 5.41) is 2.07. The number of thiophene rings is 1. The van der Waals surface area contributed by atoms with Gasteiger partial charge in [0.1, 0.15) is 5.82 Å². The summed E-state index contributed by atoms with van der Waals surface area (Å²) in [5.74, 6) is -0.226.